The summed E-state index contributed by atoms with van der Waals surface area (Å²) in [7, 11) is 0. The summed E-state index contributed by atoms with van der Waals surface area (Å²) in [6, 6.07) is 15.4. The van der Waals surface area contributed by atoms with Crippen molar-refractivity contribution < 1.29 is 19.1 Å². The maximum Gasteiger partial charge on any atom is 0.322 e. The van der Waals surface area contributed by atoms with Gasteiger partial charge in [-0.25, -0.2) is 4.79 Å². The van der Waals surface area contributed by atoms with Gasteiger partial charge in [-0.2, -0.15) is 0 Å². The zero-order valence-corrected chi connectivity index (χ0v) is 23.2. The van der Waals surface area contributed by atoms with Crippen LogP contribution in [-0.4, -0.2) is 41.9 Å². The number of fused-ring (bicyclic) bond motifs is 1. The molecule has 2 N–H and O–H groups in total. The van der Waals surface area contributed by atoms with Crippen LogP contribution in [0.3, 0.4) is 0 Å². The topological polar surface area (TPSA) is 91.0 Å². The van der Waals surface area contributed by atoms with E-state index < -0.39 is 0 Å². The zero-order chi connectivity index (χ0) is 27.4. The zero-order valence-electron chi connectivity index (χ0n) is 22.4. The van der Waals surface area contributed by atoms with E-state index in [1.54, 1.807) is 22.8 Å². The Bertz CT molecular complexity index is 1350. The molecule has 2 heterocycles. The van der Waals surface area contributed by atoms with Crippen molar-refractivity contribution in [3.8, 4) is 5.75 Å². The van der Waals surface area contributed by atoms with Crippen molar-refractivity contribution in [2.45, 2.75) is 58.7 Å². The minimum absolute atomic E-state index is 0.0467. The van der Waals surface area contributed by atoms with Crippen molar-refractivity contribution in [1.82, 2.24) is 10.2 Å². The summed E-state index contributed by atoms with van der Waals surface area (Å²) in [5.41, 5.74) is 4.31. The number of hydrogen-bond donors (Lipinski definition) is 2. The molecule has 9 heteroatoms. The number of urea groups is 1. The van der Waals surface area contributed by atoms with Gasteiger partial charge in [-0.05, 0) is 61.0 Å². The lowest BCUT2D eigenvalue weighted by molar-refractivity contribution is -0.116. The van der Waals surface area contributed by atoms with Crippen molar-refractivity contribution in [3.63, 3.8) is 0 Å². The SMILES string of the molecule is CC(=O)N(Cc1ccc2c(c1)CN(C(=O)Nc1ccsc1C(=O)NC1CCCC1)CCO2)c1ccc(C)cc1. The largest absolute Gasteiger partial charge is 0.491 e. The summed E-state index contributed by atoms with van der Waals surface area (Å²) >= 11 is 1.33. The molecule has 1 aliphatic heterocycles. The maximum atomic E-state index is 13.3. The van der Waals surface area contributed by atoms with Crippen LogP contribution < -0.4 is 20.3 Å². The fourth-order valence-electron chi connectivity index (χ4n) is 5.11. The molecule has 204 valence electrons. The molecule has 1 aliphatic carbocycles. The van der Waals surface area contributed by atoms with E-state index in [4.69, 9.17) is 4.74 Å². The highest BCUT2D eigenvalue weighted by Gasteiger charge is 2.25. The first kappa shape index (κ1) is 26.7. The number of anilines is 2. The average Bonchev–Trinajstić information content (AvgIpc) is 3.55. The van der Waals surface area contributed by atoms with E-state index in [0.717, 1.165) is 53.8 Å². The molecule has 0 bridgehead atoms. The number of aryl methyl sites for hydroxylation is 1. The number of rotatable bonds is 6. The Hall–Kier alpha value is -3.85. The third kappa shape index (κ3) is 6.42. The smallest absolute Gasteiger partial charge is 0.322 e. The lowest BCUT2D eigenvalue weighted by Crippen LogP contribution is -2.37. The predicted molar refractivity (Wildman–Crippen MR) is 153 cm³/mol. The molecule has 0 saturated heterocycles. The summed E-state index contributed by atoms with van der Waals surface area (Å²) in [5.74, 6) is 0.547. The van der Waals surface area contributed by atoms with E-state index in [-0.39, 0.29) is 23.9 Å². The predicted octanol–water partition coefficient (Wildman–Crippen LogP) is 5.71. The fraction of sp³-hybridized carbons (Fsp3) is 0.367. The van der Waals surface area contributed by atoms with Crippen LogP contribution in [0.2, 0.25) is 0 Å². The van der Waals surface area contributed by atoms with Crippen LogP contribution in [-0.2, 0) is 17.9 Å². The first-order chi connectivity index (χ1) is 18.9. The van der Waals surface area contributed by atoms with Crippen LogP contribution in [0, 0.1) is 6.92 Å². The van der Waals surface area contributed by atoms with Gasteiger partial charge in [0.2, 0.25) is 5.91 Å². The number of hydrogen-bond acceptors (Lipinski definition) is 5. The summed E-state index contributed by atoms with van der Waals surface area (Å²) in [6.07, 6.45) is 4.28. The van der Waals surface area contributed by atoms with E-state index in [9.17, 15) is 14.4 Å². The molecule has 4 amide bonds. The van der Waals surface area contributed by atoms with Crippen LogP contribution >= 0.6 is 11.3 Å². The second kappa shape index (κ2) is 11.9. The van der Waals surface area contributed by atoms with Crippen LogP contribution in [0.5, 0.6) is 5.75 Å². The van der Waals surface area contributed by atoms with Crippen molar-refractivity contribution in [3.05, 3.63) is 75.5 Å². The molecule has 8 nitrogen and oxygen atoms in total. The van der Waals surface area contributed by atoms with Gasteiger partial charge in [-0.3, -0.25) is 9.59 Å². The standard InChI is InChI=1S/C30H34N4O4S/c1-20-7-10-25(11-8-20)34(21(2)35)18-22-9-12-27-23(17-22)19-33(14-15-38-27)30(37)32-26-13-16-39-28(26)29(36)31-24-5-3-4-6-24/h7-13,16-17,24H,3-6,14-15,18-19H2,1-2H3,(H,31,36)(H,32,37). The highest BCUT2D eigenvalue weighted by molar-refractivity contribution is 7.12. The number of carbonyl (C=O) groups excluding carboxylic acids is 3. The molecular weight excluding hydrogens is 512 g/mol. The van der Waals surface area contributed by atoms with E-state index in [1.807, 2.05) is 54.8 Å². The van der Waals surface area contributed by atoms with E-state index in [2.05, 4.69) is 10.6 Å². The summed E-state index contributed by atoms with van der Waals surface area (Å²) in [5, 5.41) is 7.86. The van der Waals surface area contributed by atoms with Crippen molar-refractivity contribution in [2.75, 3.05) is 23.4 Å². The Morgan fingerprint density at radius 2 is 1.85 bits per heavy atom. The molecule has 0 radical (unpaired) electrons. The highest BCUT2D eigenvalue weighted by atomic mass is 32.1. The van der Waals surface area contributed by atoms with Gasteiger partial charge in [-0.1, -0.05) is 36.6 Å². The van der Waals surface area contributed by atoms with Crippen molar-refractivity contribution in [2.24, 2.45) is 0 Å². The van der Waals surface area contributed by atoms with Gasteiger partial charge in [-0.15, -0.1) is 11.3 Å². The number of thiophene rings is 1. The van der Waals surface area contributed by atoms with E-state index in [1.165, 1.54) is 11.3 Å². The first-order valence-corrected chi connectivity index (χ1v) is 14.3. The van der Waals surface area contributed by atoms with Crippen LogP contribution in [0.25, 0.3) is 0 Å². The van der Waals surface area contributed by atoms with Gasteiger partial charge in [0.15, 0.2) is 0 Å². The molecule has 0 spiro atoms. The number of amides is 4. The monoisotopic (exact) mass is 546 g/mol. The number of benzene rings is 2. The third-order valence-electron chi connectivity index (χ3n) is 7.26. The van der Waals surface area contributed by atoms with Gasteiger partial charge >= 0.3 is 6.03 Å². The molecule has 0 unspecified atom stereocenters. The first-order valence-electron chi connectivity index (χ1n) is 13.4. The van der Waals surface area contributed by atoms with E-state index in [0.29, 0.717) is 36.8 Å². The Morgan fingerprint density at radius 1 is 1.08 bits per heavy atom. The molecule has 1 aromatic heterocycles. The summed E-state index contributed by atoms with van der Waals surface area (Å²) in [4.78, 5) is 42.5. The number of ether oxygens (including phenoxy) is 1. The van der Waals surface area contributed by atoms with Crippen LogP contribution in [0.1, 0.15) is 59.0 Å². The second-order valence-corrected chi connectivity index (χ2v) is 11.1. The quantitative estimate of drug-likeness (QED) is 0.415. The molecule has 3 aromatic rings. The Kier molecular flexibility index (Phi) is 8.16. The molecule has 1 fully saturated rings. The number of nitrogens with zero attached hydrogens (tertiary/aromatic N) is 2. The molecular formula is C30H34N4O4S. The van der Waals surface area contributed by atoms with E-state index >= 15 is 0 Å². The normalized spacial score (nSPS) is 15.2. The van der Waals surface area contributed by atoms with Crippen molar-refractivity contribution in [1.29, 1.82) is 0 Å². The molecule has 2 aromatic carbocycles. The van der Waals surface area contributed by atoms with Gasteiger partial charge in [0.1, 0.15) is 17.2 Å². The fourth-order valence-corrected chi connectivity index (χ4v) is 5.86. The third-order valence-corrected chi connectivity index (χ3v) is 8.18. The molecule has 5 rings (SSSR count). The Morgan fingerprint density at radius 3 is 2.59 bits per heavy atom. The van der Waals surface area contributed by atoms with Crippen LogP contribution in [0.15, 0.2) is 53.9 Å². The minimum Gasteiger partial charge on any atom is -0.491 e. The van der Waals surface area contributed by atoms with Gasteiger partial charge < -0.3 is 25.2 Å². The minimum atomic E-state index is -0.282. The van der Waals surface area contributed by atoms with Crippen LogP contribution in [0.4, 0.5) is 16.2 Å². The number of carbonyl (C=O) groups is 3. The van der Waals surface area contributed by atoms with Crippen molar-refractivity contribution >= 4 is 40.6 Å². The maximum absolute atomic E-state index is 13.3. The number of nitrogens with one attached hydrogen (secondary N) is 2. The highest BCUT2D eigenvalue weighted by Crippen LogP contribution is 2.28. The molecule has 39 heavy (non-hydrogen) atoms. The second-order valence-electron chi connectivity index (χ2n) is 10.2. The lowest BCUT2D eigenvalue weighted by atomic mass is 10.1. The van der Waals surface area contributed by atoms with Gasteiger partial charge in [0.05, 0.1) is 25.3 Å². The molecule has 0 atom stereocenters. The molecule has 1 saturated carbocycles. The molecule has 2 aliphatic rings. The van der Waals surface area contributed by atoms with Gasteiger partial charge in [0.25, 0.3) is 5.91 Å². The summed E-state index contributed by atoms with van der Waals surface area (Å²) in [6.45, 7) is 5.11. The lowest BCUT2D eigenvalue weighted by Gasteiger charge is -2.23. The summed E-state index contributed by atoms with van der Waals surface area (Å²) < 4.78 is 5.94. The van der Waals surface area contributed by atoms with Gasteiger partial charge in [0, 0.05) is 24.2 Å². The Labute approximate surface area is 233 Å². The Balaban J connectivity index is 1.28. The average molecular weight is 547 g/mol.